The minimum atomic E-state index is -0.213. The average Bonchev–Trinajstić information content (AvgIpc) is 2.96. The van der Waals surface area contributed by atoms with Crippen molar-refractivity contribution >= 4 is 17.3 Å². The maximum absolute atomic E-state index is 12.7. The van der Waals surface area contributed by atoms with Crippen molar-refractivity contribution in [3.8, 4) is 17.2 Å². The first kappa shape index (κ1) is 24.6. The fourth-order valence-corrected chi connectivity index (χ4v) is 6.28. The number of anilines is 2. The molecular weight excluding hydrogens is 446 g/mol. The third-order valence-electron chi connectivity index (χ3n) is 8.24. The van der Waals surface area contributed by atoms with Crippen molar-refractivity contribution in [3.05, 3.63) is 48.5 Å². The first-order chi connectivity index (χ1) is 17.7. The summed E-state index contributed by atoms with van der Waals surface area (Å²) >= 11 is 0. The van der Waals surface area contributed by atoms with E-state index in [0.717, 1.165) is 50.6 Å². The minimum Gasteiger partial charge on any atom is -0.371 e. The molecule has 2 aromatic carbocycles. The smallest absolute Gasteiger partial charge is 0.243 e. The first-order valence-corrected chi connectivity index (χ1v) is 13.8. The highest BCUT2D eigenvalue weighted by molar-refractivity contribution is 5.86. The molecule has 0 bridgehead atoms. The Labute approximate surface area is 215 Å². The molecule has 1 N–H and O–H groups in total. The van der Waals surface area contributed by atoms with Gasteiger partial charge in [-0.2, -0.15) is 5.26 Å². The number of carbonyl (C=O) groups is 1. The Hall–Kier alpha value is -3.04. The van der Waals surface area contributed by atoms with Crippen LogP contribution in [0.5, 0.6) is 0 Å². The Balaban J connectivity index is 1.28. The van der Waals surface area contributed by atoms with E-state index in [0.29, 0.717) is 0 Å². The van der Waals surface area contributed by atoms with Crippen molar-refractivity contribution in [3.63, 3.8) is 0 Å². The molecule has 190 valence electrons. The average molecular weight is 486 g/mol. The highest BCUT2D eigenvalue weighted by Crippen LogP contribution is 2.32. The summed E-state index contributed by atoms with van der Waals surface area (Å²) in [7, 11) is 0. The van der Waals surface area contributed by atoms with E-state index < -0.39 is 0 Å². The predicted molar refractivity (Wildman–Crippen MR) is 146 cm³/mol. The third kappa shape index (κ3) is 5.68. The van der Waals surface area contributed by atoms with Crippen molar-refractivity contribution < 1.29 is 4.79 Å². The van der Waals surface area contributed by atoms with Gasteiger partial charge < -0.3 is 20.0 Å². The zero-order valence-corrected chi connectivity index (χ0v) is 21.4. The maximum Gasteiger partial charge on any atom is 0.243 e. The van der Waals surface area contributed by atoms with Gasteiger partial charge in [0.15, 0.2) is 0 Å². The molecule has 1 atom stereocenters. The van der Waals surface area contributed by atoms with Crippen molar-refractivity contribution in [2.45, 2.75) is 63.5 Å². The van der Waals surface area contributed by atoms with Crippen molar-refractivity contribution in [1.29, 1.82) is 5.26 Å². The van der Waals surface area contributed by atoms with Crippen LogP contribution >= 0.6 is 0 Å². The van der Waals surface area contributed by atoms with Gasteiger partial charge in [0.05, 0.1) is 6.07 Å². The van der Waals surface area contributed by atoms with E-state index in [1.807, 2.05) is 6.07 Å². The van der Waals surface area contributed by atoms with Gasteiger partial charge in [-0.15, -0.1) is 0 Å². The van der Waals surface area contributed by atoms with E-state index in [1.165, 1.54) is 62.0 Å². The van der Waals surface area contributed by atoms with Gasteiger partial charge in [0.1, 0.15) is 12.6 Å². The van der Waals surface area contributed by atoms with E-state index in [9.17, 15) is 4.79 Å². The second-order valence-corrected chi connectivity index (χ2v) is 10.5. The number of nitriles is 1. The molecule has 1 unspecified atom stereocenters. The normalized spacial score (nSPS) is 21.7. The van der Waals surface area contributed by atoms with Crippen LogP contribution in [0.4, 0.5) is 11.4 Å². The standard InChI is InChI=1S/C30H39N5O/c31-15-16-32-30(36)29-12-2-5-19-35(29)28-11-7-9-25(23-28)24-8-6-10-27(22-24)34-20-13-26(14-21-34)33-17-3-1-4-18-33/h6-11,22-23,26,29H,1-5,12-14,16-21H2,(H,32,36). The SMILES string of the molecule is N#CCNC(=O)C1CCCCN1c1cccc(-c2cccc(N3CCC(N4CCCCC4)CC3)c2)c1. The number of carbonyl (C=O) groups excluding carboxylic acids is 1. The van der Waals surface area contributed by atoms with Crippen LogP contribution in [-0.2, 0) is 4.79 Å². The third-order valence-corrected chi connectivity index (χ3v) is 8.24. The van der Waals surface area contributed by atoms with E-state index in [1.54, 1.807) is 0 Å². The molecule has 6 nitrogen and oxygen atoms in total. The molecule has 6 heteroatoms. The topological polar surface area (TPSA) is 62.6 Å². The molecular formula is C30H39N5O. The maximum atomic E-state index is 12.7. The molecule has 0 spiro atoms. The van der Waals surface area contributed by atoms with Crippen LogP contribution in [0.2, 0.25) is 0 Å². The van der Waals surface area contributed by atoms with Crippen LogP contribution in [-0.4, -0.2) is 62.2 Å². The minimum absolute atomic E-state index is 0.0448. The molecule has 3 aliphatic rings. The van der Waals surface area contributed by atoms with Gasteiger partial charge in [0, 0.05) is 37.1 Å². The summed E-state index contributed by atoms with van der Waals surface area (Å²) in [6.45, 7) is 5.74. The lowest BCUT2D eigenvalue weighted by molar-refractivity contribution is -0.122. The predicted octanol–water partition coefficient (Wildman–Crippen LogP) is 4.81. The Morgan fingerprint density at radius 3 is 2.22 bits per heavy atom. The Morgan fingerprint density at radius 1 is 0.833 bits per heavy atom. The number of piperidine rings is 3. The van der Waals surface area contributed by atoms with Crippen LogP contribution in [0.3, 0.4) is 0 Å². The number of nitrogens with one attached hydrogen (secondary N) is 1. The molecule has 3 aliphatic heterocycles. The van der Waals surface area contributed by atoms with Gasteiger partial charge in [0.25, 0.3) is 0 Å². The number of hydrogen-bond acceptors (Lipinski definition) is 5. The number of hydrogen-bond donors (Lipinski definition) is 1. The van der Waals surface area contributed by atoms with Gasteiger partial charge in [-0.05, 0) is 93.4 Å². The Bertz CT molecular complexity index is 1070. The molecule has 3 saturated heterocycles. The van der Waals surface area contributed by atoms with Crippen LogP contribution in [0.15, 0.2) is 48.5 Å². The summed E-state index contributed by atoms with van der Waals surface area (Å²) in [4.78, 5) is 20.2. The second kappa shape index (κ2) is 11.8. The number of rotatable bonds is 6. The molecule has 36 heavy (non-hydrogen) atoms. The van der Waals surface area contributed by atoms with Crippen molar-refractivity contribution in [2.75, 3.05) is 49.1 Å². The summed E-state index contributed by atoms with van der Waals surface area (Å²) in [5.74, 6) is -0.0448. The van der Waals surface area contributed by atoms with Gasteiger partial charge in [0.2, 0.25) is 5.91 Å². The van der Waals surface area contributed by atoms with Crippen LogP contribution < -0.4 is 15.1 Å². The van der Waals surface area contributed by atoms with E-state index in [-0.39, 0.29) is 18.5 Å². The summed E-state index contributed by atoms with van der Waals surface area (Å²) in [5, 5.41) is 11.6. The molecule has 3 fully saturated rings. The molecule has 5 rings (SSSR count). The second-order valence-electron chi connectivity index (χ2n) is 10.5. The Kier molecular flexibility index (Phi) is 8.08. The Morgan fingerprint density at radius 2 is 1.50 bits per heavy atom. The van der Waals surface area contributed by atoms with Gasteiger partial charge >= 0.3 is 0 Å². The highest BCUT2D eigenvalue weighted by Gasteiger charge is 2.29. The van der Waals surface area contributed by atoms with Crippen molar-refractivity contribution in [2.24, 2.45) is 0 Å². The number of benzene rings is 2. The van der Waals surface area contributed by atoms with E-state index in [4.69, 9.17) is 5.26 Å². The number of likely N-dealkylation sites (tertiary alicyclic amines) is 1. The van der Waals surface area contributed by atoms with Crippen molar-refractivity contribution in [1.82, 2.24) is 10.2 Å². The molecule has 2 aromatic rings. The quantitative estimate of drug-likeness (QED) is 0.595. The monoisotopic (exact) mass is 485 g/mol. The number of nitrogens with zero attached hydrogens (tertiary/aromatic N) is 4. The first-order valence-electron chi connectivity index (χ1n) is 13.8. The summed E-state index contributed by atoms with van der Waals surface area (Å²) in [6, 6.07) is 20.1. The molecule has 3 heterocycles. The molecule has 0 saturated carbocycles. The van der Waals surface area contributed by atoms with E-state index in [2.05, 4.69) is 68.5 Å². The summed E-state index contributed by atoms with van der Waals surface area (Å²) < 4.78 is 0. The molecule has 1 amide bonds. The van der Waals surface area contributed by atoms with Gasteiger partial charge in [-0.25, -0.2) is 0 Å². The van der Waals surface area contributed by atoms with Crippen LogP contribution in [0.25, 0.3) is 11.1 Å². The number of amides is 1. The summed E-state index contributed by atoms with van der Waals surface area (Å²) in [5.41, 5.74) is 4.79. The van der Waals surface area contributed by atoms with E-state index >= 15 is 0 Å². The van der Waals surface area contributed by atoms with Gasteiger partial charge in [-0.1, -0.05) is 30.7 Å². The molecule has 0 aliphatic carbocycles. The van der Waals surface area contributed by atoms with Crippen LogP contribution in [0, 0.1) is 11.3 Å². The fourth-order valence-electron chi connectivity index (χ4n) is 6.28. The van der Waals surface area contributed by atoms with Gasteiger partial charge in [-0.3, -0.25) is 4.79 Å². The fraction of sp³-hybridized carbons (Fsp3) is 0.533. The van der Waals surface area contributed by atoms with Crippen LogP contribution in [0.1, 0.15) is 51.4 Å². The lowest BCUT2D eigenvalue weighted by Crippen LogP contribution is -2.49. The lowest BCUT2D eigenvalue weighted by atomic mass is 9.97. The lowest BCUT2D eigenvalue weighted by Gasteiger charge is -2.41. The zero-order chi connectivity index (χ0) is 24.7. The highest BCUT2D eigenvalue weighted by atomic mass is 16.2. The molecule has 0 radical (unpaired) electrons. The summed E-state index contributed by atoms with van der Waals surface area (Å²) in [6.07, 6.45) is 9.58. The zero-order valence-electron chi connectivity index (χ0n) is 21.4. The largest absolute Gasteiger partial charge is 0.371 e. The molecule has 0 aromatic heterocycles.